The average Bonchev–Trinajstić information content (AvgIpc) is 2.74. The predicted octanol–water partition coefficient (Wildman–Crippen LogP) is 0.0443. The van der Waals surface area contributed by atoms with E-state index < -0.39 is 12.2 Å². The highest BCUT2D eigenvalue weighted by atomic mass is 35.5. The molecule has 18 heavy (non-hydrogen) atoms. The van der Waals surface area contributed by atoms with E-state index in [-0.39, 0.29) is 30.3 Å². The molecule has 3 unspecified atom stereocenters. The van der Waals surface area contributed by atoms with Crippen molar-refractivity contribution >= 4 is 18.3 Å². The molecule has 1 saturated heterocycles. The molecule has 1 fully saturated rings. The van der Waals surface area contributed by atoms with Crippen LogP contribution in [0, 0.1) is 5.92 Å². The molecule has 5 nitrogen and oxygen atoms in total. The van der Waals surface area contributed by atoms with Crippen LogP contribution in [0.25, 0.3) is 0 Å². The van der Waals surface area contributed by atoms with E-state index in [1.54, 1.807) is 0 Å². The summed E-state index contributed by atoms with van der Waals surface area (Å²) in [5, 5.41) is 24.8. The van der Waals surface area contributed by atoms with E-state index in [9.17, 15) is 15.0 Å². The molecule has 6 heteroatoms. The summed E-state index contributed by atoms with van der Waals surface area (Å²) in [6.07, 6.45) is 1.35. The summed E-state index contributed by atoms with van der Waals surface area (Å²) in [4.78, 5) is 11.7. The van der Waals surface area contributed by atoms with E-state index >= 15 is 0 Å². The van der Waals surface area contributed by atoms with Crippen molar-refractivity contribution in [2.24, 2.45) is 5.92 Å². The van der Waals surface area contributed by atoms with Crippen LogP contribution in [-0.2, 0) is 4.79 Å². The Balaban J connectivity index is 0.00000289. The standard InChI is InChI=1S/C12H24N2O3.ClH/c1-3-8(4-2)11(16)7-14-12(17)10-5-9(15)6-13-10;/h8-11,13,15-16H,3-7H2,1-2H3,(H,14,17);1H. The van der Waals surface area contributed by atoms with Crippen LogP contribution in [0.2, 0.25) is 0 Å². The van der Waals surface area contributed by atoms with E-state index in [4.69, 9.17) is 0 Å². The Hall–Kier alpha value is -0.360. The Morgan fingerprint density at radius 1 is 1.44 bits per heavy atom. The first-order valence-electron chi connectivity index (χ1n) is 6.45. The van der Waals surface area contributed by atoms with Crippen LogP contribution < -0.4 is 10.6 Å². The Labute approximate surface area is 115 Å². The van der Waals surface area contributed by atoms with Gasteiger partial charge in [-0.05, 0) is 12.3 Å². The van der Waals surface area contributed by atoms with Gasteiger partial charge in [0.15, 0.2) is 0 Å². The zero-order chi connectivity index (χ0) is 12.8. The van der Waals surface area contributed by atoms with Gasteiger partial charge in [-0.1, -0.05) is 26.7 Å². The van der Waals surface area contributed by atoms with Gasteiger partial charge in [0.25, 0.3) is 0 Å². The summed E-state index contributed by atoms with van der Waals surface area (Å²) < 4.78 is 0. The molecule has 1 heterocycles. The van der Waals surface area contributed by atoms with Gasteiger partial charge >= 0.3 is 0 Å². The molecule has 4 N–H and O–H groups in total. The van der Waals surface area contributed by atoms with E-state index in [1.165, 1.54) is 0 Å². The van der Waals surface area contributed by atoms with Gasteiger partial charge in [0, 0.05) is 13.1 Å². The van der Waals surface area contributed by atoms with Crippen LogP contribution in [0.4, 0.5) is 0 Å². The fourth-order valence-electron chi connectivity index (χ4n) is 2.24. The van der Waals surface area contributed by atoms with Crippen LogP contribution in [0.3, 0.4) is 0 Å². The summed E-state index contributed by atoms with van der Waals surface area (Å²) in [7, 11) is 0. The molecule has 0 spiro atoms. The molecule has 0 aliphatic carbocycles. The van der Waals surface area contributed by atoms with E-state index in [1.807, 2.05) is 13.8 Å². The third kappa shape index (κ3) is 5.10. The molecular formula is C12H25ClN2O3. The van der Waals surface area contributed by atoms with Gasteiger partial charge in [0.2, 0.25) is 5.91 Å². The zero-order valence-corrected chi connectivity index (χ0v) is 11.9. The maximum Gasteiger partial charge on any atom is 0.237 e. The first-order valence-corrected chi connectivity index (χ1v) is 6.45. The second-order valence-corrected chi connectivity index (χ2v) is 4.74. The van der Waals surface area contributed by atoms with Crippen molar-refractivity contribution in [3.8, 4) is 0 Å². The molecule has 0 radical (unpaired) electrons. The normalized spacial score (nSPS) is 24.7. The molecule has 1 amide bonds. The van der Waals surface area contributed by atoms with Gasteiger partial charge in [0.1, 0.15) is 0 Å². The van der Waals surface area contributed by atoms with E-state index in [0.717, 1.165) is 12.8 Å². The number of aliphatic hydroxyl groups excluding tert-OH is 2. The lowest BCUT2D eigenvalue weighted by Gasteiger charge is -2.21. The van der Waals surface area contributed by atoms with Crippen molar-refractivity contribution in [3.05, 3.63) is 0 Å². The molecule has 0 aromatic carbocycles. The fraction of sp³-hybridized carbons (Fsp3) is 0.917. The number of carbonyl (C=O) groups excluding carboxylic acids is 1. The van der Waals surface area contributed by atoms with Gasteiger partial charge in [-0.3, -0.25) is 4.79 Å². The number of rotatable bonds is 6. The van der Waals surface area contributed by atoms with Crippen molar-refractivity contribution in [2.75, 3.05) is 13.1 Å². The minimum atomic E-state index is -0.486. The summed E-state index contributed by atoms with van der Waals surface area (Å²) in [5.74, 6) is 0.101. The Kier molecular flexibility index (Phi) is 8.52. The Morgan fingerprint density at radius 3 is 2.50 bits per heavy atom. The van der Waals surface area contributed by atoms with Crippen molar-refractivity contribution < 1.29 is 15.0 Å². The third-order valence-corrected chi connectivity index (χ3v) is 3.50. The average molecular weight is 281 g/mol. The minimum absolute atomic E-state index is 0. The topological polar surface area (TPSA) is 81.6 Å². The second-order valence-electron chi connectivity index (χ2n) is 4.74. The molecule has 1 aliphatic heterocycles. The number of nitrogens with one attached hydrogen (secondary N) is 2. The van der Waals surface area contributed by atoms with Gasteiger partial charge in [-0.15, -0.1) is 12.4 Å². The first kappa shape index (κ1) is 17.6. The number of halogens is 1. The molecule has 0 bridgehead atoms. The van der Waals surface area contributed by atoms with Crippen molar-refractivity contribution in [1.82, 2.24) is 10.6 Å². The highest BCUT2D eigenvalue weighted by Crippen LogP contribution is 2.12. The molecule has 0 aromatic heterocycles. The number of amides is 1. The van der Waals surface area contributed by atoms with Gasteiger partial charge in [-0.25, -0.2) is 0 Å². The van der Waals surface area contributed by atoms with Crippen molar-refractivity contribution in [3.63, 3.8) is 0 Å². The van der Waals surface area contributed by atoms with Gasteiger partial charge < -0.3 is 20.8 Å². The van der Waals surface area contributed by atoms with Crippen molar-refractivity contribution in [2.45, 2.75) is 51.4 Å². The summed E-state index contributed by atoms with van der Waals surface area (Å²) in [5.41, 5.74) is 0. The molecule has 1 rings (SSSR count). The largest absolute Gasteiger partial charge is 0.392 e. The Bertz CT molecular complexity index is 249. The number of aliphatic hydroxyl groups is 2. The maximum atomic E-state index is 11.7. The summed E-state index contributed by atoms with van der Waals surface area (Å²) in [6.45, 7) is 4.83. The fourth-order valence-corrected chi connectivity index (χ4v) is 2.24. The molecule has 108 valence electrons. The zero-order valence-electron chi connectivity index (χ0n) is 11.1. The van der Waals surface area contributed by atoms with Crippen LogP contribution in [0.15, 0.2) is 0 Å². The van der Waals surface area contributed by atoms with Crippen LogP contribution in [-0.4, -0.2) is 47.5 Å². The number of hydrogen-bond acceptors (Lipinski definition) is 4. The first-order chi connectivity index (χ1) is 8.08. The number of carbonyl (C=O) groups is 1. The highest BCUT2D eigenvalue weighted by molar-refractivity contribution is 5.85. The summed E-state index contributed by atoms with van der Waals surface area (Å²) in [6, 6.07) is -0.320. The minimum Gasteiger partial charge on any atom is -0.392 e. The molecule has 0 saturated carbocycles. The number of hydrogen-bond donors (Lipinski definition) is 4. The van der Waals surface area contributed by atoms with Crippen LogP contribution in [0.1, 0.15) is 33.1 Å². The van der Waals surface area contributed by atoms with Gasteiger partial charge in [0.05, 0.1) is 18.2 Å². The quantitative estimate of drug-likeness (QED) is 0.554. The summed E-state index contributed by atoms with van der Waals surface area (Å²) >= 11 is 0. The second kappa shape index (κ2) is 8.69. The monoisotopic (exact) mass is 280 g/mol. The van der Waals surface area contributed by atoms with Crippen LogP contribution >= 0.6 is 12.4 Å². The lowest BCUT2D eigenvalue weighted by atomic mass is 9.96. The molecule has 1 aliphatic rings. The number of β-amino-alcohol motifs (C(OH)–C–C–N with tert-alkyl or cyclic N) is 1. The third-order valence-electron chi connectivity index (χ3n) is 3.50. The van der Waals surface area contributed by atoms with Gasteiger partial charge in [-0.2, -0.15) is 0 Å². The van der Waals surface area contributed by atoms with E-state index in [2.05, 4.69) is 10.6 Å². The van der Waals surface area contributed by atoms with Crippen molar-refractivity contribution in [1.29, 1.82) is 0 Å². The maximum absolute atomic E-state index is 11.7. The molecule has 0 aromatic rings. The smallest absolute Gasteiger partial charge is 0.237 e. The Morgan fingerprint density at radius 2 is 2.06 bits per heavy atom. The lowest BCUT2D eigenvalue weighted by Crippen LogP contribution is -2.44. The molecular weight excluding hydrogens is 256 g/mol. The SMILES string of the molecule is CCC(CC)C(O)CNC(=O)C1CC(O)CN1.Cl. The predicted molar refractivity (Wildman–Crippen MR) is 72.8 cm³/mol. The molecule has 3 atom stereocenters. The highest BCUT2D eigenvalue weighted by Gasteiger charge is 2.28. The lowest BCUT2D eigenvalue weighted by molar-refractivity contribution is -0.123. The van der Waals surface area contributed by atoms with E-state index in [0.29, 0.717) is 19.5 Å². The van der Waals surface area contributed by atoms with Crippen LogP contribution in [0.5, 0.6) is 0 Å².